The van der Waals surface area contributed by atoms with Gasteiger partial charge in [0, 0.05) is 38.3 Å². The minimum Gasteiger partial charge on any atom is -0.391 e. The molecule has 1 saturated heterocycles. The summed E-state index contributed by atoms with van der Waals surface area (Å²) in [6, 6.07) is 5.24. The van der Waals surface area contributed by atoms with E-state index in [0.717, 1.165) is 6.04 Å². The quantitative estimate of drug-likeness (QED) is 0.238. The molecule has 0 saturated carbocycles. The molecule has 3 heterocycles. The van der Waals surface area contributed by atoms with Gasteiger partial charge < -0.3 is 9.84 Å². The van der Waals surface area contributed by atoms with Gasteiger partial charge in [0.25, 0.3) is 6.43 Å². The number of anilines is 1. The van der Waals surface area contributed by atoms with E-state index in [1.807, 2.05) is 0 Å². The number of rotatable bonds is 11. The van der Waals surface area contributed by atoms with E-state index in [0.29, 0.717) is 29.8 Å². The molecule has 1 N–H and O–H groups in total. The Kier molecular flexibility index (Phi) is 9.09. The van der Waals surface area contributed by atoms with Gasteiger partial charge in [-0.05, 0) is 36.6 Å². The van der Waals surface area contributed by atoms with Crippen molar-refractivity contribution < 1.29 is 27.8 Å². The predicted molar refractivity (Wildman–Crippen MR) is 144 cm³/mol. The van der Waals surface area contributed by atoms with Gasteiger partial charge in [-0.15, -0.1) is 0 Å². The van der Waals surface area contributed by atoms with Crippen molar-refractivity contribution in [2.45, 2.75) is 58.3 Å². The van der Waals surface area contributed by atoms with Crippen LogP contribution in [0.2, 0.25) is 30.7 Å². The number of carbonyl (C=O) groups is 1. The lowest BCUT2D eigenvalue weighted by Crippen LogP contribution is -2.29. The Morgan fingerprint density at radius 3 is 2.64 bits per heavy atom. The van der Waals surface area contributed by atoms with Crippen molar-refractivity contribution >= 4 is 31.4 Å². The van der Waals surface area contributed by atoms with Crippen LogP contribution in [0, 0.1) is 11.7 Å². The van der Waals surface area contributed by atoms with Crippen molar-refractivity contribution in [3.63, 3.8) is 0 Å². The molecule has 39 heavy (non-hydrogen) atoms. The van der Waals surface area contributed by atoms with E-state index in [2.05, 4.69) is 34.9 Å². The molecule has 13 heteroatoms. The third kappa shape index (κ3) is 6.51. The van der Waals surface area contributed by atoms with Gasteiger partial charge in [-0.25, -0.2) is 17.9 Å². The fourth-order valence-electron chi connectivity index (χ4n) is 4.65. The van der Waals surface area contributed by atoms with Crippen LogP contribution >= 0.6 is 11.6 Å². The Bertz CT molecular complexity index is 1320. The molecule has 8 nitrogen and oxygen atoms in total. The number of hydrogen-bond donors (Lipinski definition) is 1. The average molecular weight is 582 g/mol. The Balaban J connectivity index is 1.63. The highest BCUT2D eigenvalue weighted by atomic mass is 35.5. The number of aromatic nitrogens is 4. The number of hydrogen-bond acceptors (Lipinski definition) is 6. The Hall–Kier alpha value is -2.80. The van der Waals surface area contributed by atoms with Crippen molar-refractivity contribution in [3.8, 4) is 11.3 Å². The topological polar surface area (TPSA) is 93.4 Å². The third-order valence-corrected chi connectivity index (χ3v) is 8.73. The molecule has 1 unspecified atom stereocenters. The molecule has 1 amide bonds. The monoisotopic (exact) mass is 581 g/mol. The van der Waals surface area contributed by atoms with Crippen molar-refractivity contribution in [3.05, 3.63) is 58.1 Å². The standard InChI is InChI=1S/C26H31ClF3N5O3Si/c1-39(2,3)11-10-38-15-35-23(18-6-8-31-32-13-18)19(14-36)25(33-35)34-9-7-17(26(34)37)12-16-4-5-20(27)22(28)21(16)24(29)30/h4-6,8,13,17,24,36H,7,9-12,14-15H2,1-3H3. The lowest BCUT2D eigenvalue weighted by atomic mass is 9.94. The molecule has 4 rings (SSSR count). The normalized spacial score (nSPS) is 16.1. The van der Waals surface area contributed by atoms with Crippen LogP contribution in [0.3, 0.4) is 0 Å². The summed E-state index contributed by atoms with van der Waals surface area (Å²) in [6.07, 6.45) is 0.262. The molecule has 1 aliphatic rings. The second-order valence-electron chi connectivity index (χ2n) is 10.7. The van der Waals surface area contributed by atoms with Crippen LogP contribution in [0.1, 0.15) is 29.5 Å². The highest BCUT2D eigenvalue weighted by Gasteiger charge is 2.37. The van der Waals surface area contributed by atoms with E-state index in [4.69, 9.17) is 16.3 Å². The first-order valence-corrected chi connectivity index (χ1v) is 16.7. The average Bonchev–Trinajstić information content (AvgIpc) is 3.43. The van der Waals surface area contributed by atoms with Gasteiger partial charge in [-0.2, -0.15) is 15.3 Å². The van der Waals surface area contributed by atoms with Gasteiger partial charge >= 0.3 is 0 Å². The summed E-state index contributed by atoms with van der Waals surface area (Å²) in [5, 5.41) is 22.3. The first-order chi connectivity index (χ1) is 18.5. The number of benzene rings is 1. The summed E-state index contributed by atoms with van der Waals surface area (Å²) < 4.78 is 49.1. The second-order valence-corrected chi connectivity index (χ2v) is 16.7. The summed E-state index contributed by atoms with van der Waals surface area (Å²) >= 11 is 5.71. The smallest absolute Gasteiger partial charge is 0.266 e. The van der Waals surface area contributed by atoms with Crippen LogP contribution in [0.5, 0.6) is 0 Å². The molecular weight excluding hydrogens is 551 g/mol. The summed E-state index contributed by atoms with van der Waals surface area (Å²) in [4.78, 5) is 14.9. The molecular formula is C26H31ClF3N5O3Si. The molecule has 1 aliphatic heterocycles. The molecule has 3 aromatic rings. The lowest BCUT2D eigenvalue weighted by molar-refractivity contribution is -0.120. The van der Waals surface area contributed by atoms with E-state index in [-0.39, 0.29) is 37.0 Å². The summed E-state index contributed by atoms with van der Waals surface area (Å²) in [5.74, 6) is -1.91. The largest absolute Gasteiger partial charge is 0.391 e. The SMILES string of the molecule is C[Si](C)(C)CCOCn1nc(N2CCC(Cc3ccc(Cl)c(F)c3C(F)F)C2=O)c(CO)c1-c1ccnnc1. The fourth-order valence-corrected chi connectivity index (χ4v) is 5.57. The number of ether oxygens (including phenoxy) is 1. The lowest BCUT2D eigenvalue weighted by Gasteiger charge is -2.17. The van der Waals surface area contributed by atoms with E-state index >= 15 is 0 Å². The minimum atomic E-state index is -3.07. The van der Waals surface area contributed by atoms with E-state index < -0.39 is 43.4 Å². The van der Waals surface area contributed by atoms with Gasteiger partial charge in [-0.3, -0.25) is 9.69 Å². The third-order valence-electron chi connectivity index (χ3n) is 6.73. The van der Waals surface area contributed by atoms with Crippen LogP contribution in [-0.4, -0.2) is 52.2 Å². The number of amides is 1. The molecule has 1 aromatic carbocycles. The van der Waals surface area contributed by atoms with E-state index in [1.54, 1.807) is 10.7 Å². The number of aliphatic hydroxyl groups is 1. The predicted octanol–water partition coefficient (Wildman–Crippen LogP) is 5.47. The van der Waals surface area contributed by atoms with Crippen LogP contribution in [0.25, 0.3) is 11.3 Å². The van der Waals surface area contributed by atoms with Crippen molar-refractivity contribution in [2.24, 2.45) is 5.92 Å². The maximum atomic E-state index is 14.4. The van der Waals surface area contributed by atoms with E-state index in [9.17, 15) is 23.1 Å². The van der Waals surface area contributed by atoms with Crippen LogP contribution in [0.4, 0.5) is 19.0 Å². The van der Waals surface area contributed by atoms with Crippen molar-refractivity contribution in [1.29, 1.82) is 0 Å². The number of alkyl halides is 2. The van der Waals surface area contributed by atoms with Crippen molar-refractivity contribution in [2.75, 3.05) is 18.1 Å². The molecule has 0 spiro atoms. The highest BCUT2D eigenvalue weighted by molar-refractivity contribution is 6.76. The summed E-state index contributed by atoms with van der Waals surface area (Å²) in [6.45, 7) is 7.24. The number of aliphatic hydroxyl groups excluding tert-OH is 1. The Labute approximate surface area is 230 Å². The Morgan fingerprint density at radius 1 is 1.23 bits per heavy atom. The maximum Gasteiger partial charge on any atom is 0.266 e. The number of nitrogens with zero attached hydrogens (tertiary/aromatic N) is 5. The Morgan fingerprint density at radius 2 is 2.00 bits per heavy atom. The molecule has 0 radical (unpaired) electrons. The van der Waals surface area contributed by atoms with Gasteiger partial charge in [0.15, 0.2) is 11.6 Å². The first kappa shape index (κ1) is 29.2. The summed E-state index contributed by atoms with van der Waals surface area (Å²) in [5.41, 5.74) is 0.863. The number of halogens is 4. The molecule has 0 aliphatic carbocycles. The van der Waals surface area contributed by atoms with Gasteiger partial charge in [0.05, 0.1) is 35.3 Å². The molecule has 1 atom stereocenters. The zero-order valence-corrected chi connectivity index (χ0v) is 23.8. The molecule has 2 aromatic heterocycles. The maximum absolute atomic E-state index is 14.4. The molecule has 1 fully saturated rings. The zero-order chi connectivity index (χ0) is 28.3. The van der Waals surface area contributed by atoms with Crippen LogP contribution < -0.4 is 4.90 Å². The van der Waals surface area contributed by atoms with E-state index in [1.165, 1.54) is 29.4 Å². The number of carbonyl (C=O) groups excluding carboxylic acids is 1. The second kappa shape index (κ2) is 12.2. The highest BCUT2D eigenvalue weighted by Crippen LogP contribution is 2.37. The fraction of sp³-hybridized carbons (Fsp3) is 0.462. The first-order valence-electron chi connectivity index (χ1n) is 12.6. The van der Waals surface area contributed by atoms with Crippen molar-refractivity contribution in [1.82, 2.24) is 20.0 Å². The molecule has 210 valence electrons. The molecule has 0 bridgehead atoms. The minimum absolute atomic E-state index is 0.0411. The van der Waals surface area contributed by atoms with Gasteiger partial charge in [-0.1, -0.05) is 37.3 Å². The van der Waals surface area contributed by atoms with Gasteiger partial charge in [0.1, 0.15) is 6.73 Å². The van der Waals surface area contributed by atoms with Crippen LogP contribution in [-0.2, 0) is 29.3 Å². The zero-order valence-electron chi connectivity index (χ0n) is 22.0. The van der Waals surface area contributed by atoms with Gasteiger partial charge in [0.2, 0.25) is 5.91 Å². The summed E-state index contributed by atoms with van der Waals surface area (Å²) in [7, 11) is -1.32. The van der Waals surface area contributed by atoms with Crippen LogP contribution in [0.15, 0.2) is 30.6 Å².